The summed E-state index contributed by atoms with van der Waals surface area (Å²) in [5.41, 5.74) is 8.24. The maximum absolute atomic E-state index is 12.5. The first-order valence-corrected chi connectivity index (χ1v) is 13.1. The number of hydrogen-bond donors (Lipinski definition) is 2. The van der Waals surface area contributed by atoms with E-state index >= 15 is 0 Å². The third-order valence-electron chi connectivity index (χ3n) is 6.57. The predicted octanol–water partition coefficient (Wildman–Crippen LogP) is 7.17. The van der Waals surface area contributed by atoms with E-state index in [1.165, 1.54) is 12.1 Å². The van der Waals surface area contributed by atoms with Crippen LogP contribution in [-0.4, -0.2) is 35.5 Å². The number of alkyl halides is 3. The van der Waals surface area contributed by atoms with Gasteiger partial charge in [0.05, 0.1) is 33.7 Å². The number of nitrogens with one attached hydrogen (secondary N) is 2. The summed E-state index contributed by atoms with van der Waals surface area (Å²) in [5.74, 6) is -0.118. The highest BCUT2D eigenvalue weighted by atomic mass is 35.5. The maximum atomic E-state index is 12.5. The average molecular weight is 592 g/mol. The number of benzene rings is 3. The van der Waals surface area contributed by atoms with Gasteiger partial charge in [-0.05, 0) is 72.1 Å². The number of para-hydroxylation sites is 1. The number of ether oxygens (including phenoxy) is 1. The van der Waals surface area contributed by atoms with E-state index in [0.717, 1.165) is 40.8 Å². The largest absolute Gasteiger partial charge is 0.573 e. The highest BCUT2D eigenvalue weighted by Crippen LogP contribution is 2.43. The zero-order valence-electron chi connectivity index (χ0n) is 20.5. The van der Waals surface area contributed by atoms with Crippen LogP contribution >= 0.6 is 35.4 Å². The number of rotatable bonds is 5. The molecule has 0 spiro atoms. The van der Waals surface area contributed by atoms with Gasteiger partial charge in [0.1, 0.15) is 5.75 Å². The van der Waals surface area contributed by atoms with Crippen molar-refractivity contribution < 1.29 is 17.9 Å². The molecule has 1 aliphatic carbocycles. The van der Waals surface area contributed by atoms with E-state index in [4.69, 9.17) is 40.5 Å². The third-order valence-corrected chi connectivity index (χ3v) is 7.39. The van der Waals surface area contributed by atoms with Gasteiger partial charge in [0.15, 0.2) is 5.11 Å². The number of thiocarbonyl (C=S) groups is 1. The third kappa shape index (κ3) is 6.13. The minimum Gasteiger partial charge on any atom is -0.406 e. The first kappa shape index (κ1) is 27.2. The summed E-state index contributed by atoms with van der Waals surface area (Å²) in [4.78, 5) is 0. The second kappa shape index (κ2) is 11.0. The van der Waals surface area contributed by atoms with E-state index in [1.54, 1.807) is 36.5 Å². The van der Waals surface area contributed by atoms with Crippen molar-refractivity contribution in [1.82, 2.24) is 10.4 Å². The summed E-state index contributed by atoms with van der Waals surface area (Å²) in [6.45, 7) is 0. The van der Waals surface area contributed by atoms with Crippen molar-refractivity contribution in [2.45, 2.75) is 25.2 Å². The van der Waals surface area contributed by atoms with Crippen LogP contribution in [0.15, 0.2) is 70.9 Å². The Morgan fingerprint density at radius 1 is 1.13 bits per heavy atom. The number of halogens is 5. The summed E-state index contributed by atoms with van der Waals surface area (Å²) >= 11 is 17.6. The van der Waals surface area contributed by atoms with Crippen LogP contribution in [0.3, 0.4) is 0 Å². The number of anilines is 1. The second-order valence-electron chi connectivity index (χ2n) is 9.10. The number of fused-ring (bicyclic) bond motifs is 3. The molecule has 202 valence electrons. The Kier molecular flexibility index (Phi) is 7.70. The molecule has 0 bridgehead atoms. The van der Waals surface area contributed by atoms with Gasteiger partial charge in [-0.25, -0.2) is 0 Å². The molecule has 0 aromatic heterocycles. The Hall–Kier alpha value is -3.34. The maximum Gasteiger partial charge on any atom is 0.573 e. The molecule has 39 heavy (non-hydrogen) atoms. The first-order valence-electron chi connectivity index (χ1n) is 11.9. The first-order chi connectivity index (χ1) is 18.6. The molecule has 12 heteroatoms. The van der Waals surface area contributed by atoms with Crippen molar-refractivity contribution in [3.05, 3.63) is 93.0 Å². The molecule has 0 saturated heterocycles. The molecular formula is C27H22Cl2F3N5OS. The molecule has 6 nitrogen and oxygen atoms in total. The Morgan fingerprint density at radius 3 is 2.54 bits per heavy atom. The van der Waals surface area contributed by atoms with E-state index in [-0.39, 0.29) is 22.8 Å². The van der Waals surface area contributed by atoms with Gasteiger partial charge < -0.3 is 10.1 Å². The molecule has 0 saturated carbocycles. The molecule has 1 aliphatic heterocycles. The van der Waals surface area contributed by atoms with Gasteiger partial charge in [-0.15, -0.1) is 13.2 Å². The summed E-state index contributed by atoms with van der Waals surface area (Å²) in [5, 5.41) is 15.0. The van der Waals surface area contributed by atoms with Crippen LogP contribution in [0.2, 0.25) is 10.0 Å². The molecule has 2 atom stereocenters. The van der Waals surface area contributed by atoms with E-state index in [2.05, 4.69) is 26.6 Å². The fourth-order valence-corrected chi connectivity index (χ4v) is 5.61. The fourth-order valence-electron chi connectivity index (χ4n) is 4.96. The quantitative estimate of drug-likeness (QED) is 0.187. The summed E-state index contributed by atoms with van der Waals surface area (Å²) < 4.78 is 41.6. The van der Waals surface area contributed by atoms with Crippen molar-refractivity contribution in [1.29, 1.82) is 0 Å². The van der Waals surface area contributed by atoms with Crippen molar-refractivity contribution in [3.63, 3.8) is 0 Å². The Morgan fingerprint density at radius 2 is 1.85 bits per heavy atom. The highest BCUT2D eigenvalue weighted by Gasteiger charge is 2.40. The van der Waals surface area contributed by atoms with Crippen LogP contribution in [0.4, 0.5) is 18.9 Å². The Balaban J connectivity index is 1.25. The van der Waals surface area contributed by atoms with E-state index in [9.17, 15) is 13.2 Å². The molecule has 2 N–H and O–H groups in total. The van der Waals surface area contributed by atoms with Gasteiger partial charge in [-0.1, -0.05) is 53.5 Å². The molecular weight excluding hydrogens is 570 g/mol. The molecule has 0 amide bonds. The molecule has 0 fully saturated rings. The monoisotopic (exact) mass is 591 g/mol. The smallest absolute Gasteiger partial charge is 0.406 e. The standard InChI is InChI=1S/C27H22Cl2F3N5OS/c1-37-25(16-6-9-18(10-7-16)38-27(30,31)32)20-12-8-17-13-15(5-11-19(17)23(20)36-37)14-33-35-26(39)34-24-21(28)3-2-4-22(24)29/h2-7,9-11,13-14,20,25H,8,12H2,1H3,(H2,34,35,39)/b33-14+. The van der Waals surface area contributed by atoms with Gasteiger partial charge in [-0.2, -0.15) is 10.2 Å². The van der Waals surface area contributed by atoms with Crippen LogP contribution < -0.4 is 15.5 Å². The molecule has 2 aliphatic rings. The normalized spacial score (nSPS) is 18.4. The van der Waals surface area contributed by atoms with Gasteiger partial charge in [-0.3, -0.25) is 10.4 Å². The van der Waals surface area contributed by atoms with Crippen molar-refractivity contribution in [2.75, 3.05) is 12.4 Å². The van der Waals surface area contributed by atoms with Crippen molar-refractivity contribution in [3.8, 4) is 5.75 Å². The van der Waals surface area contributed by atoms with E-state index in [0.29, 0.717) is 15.7 Å². The van der Waals surface area contributed by atoms with Crippen LogP contribution in [0.1, 0.15) is 34.7 Å². The number of hydrazone groups is 2. The molecule has 2 unspecified atom stereocenters. The molecule has 5 rings (SSSR count). The van der Waals surface area contributed by atoms with Gasteiger partial charge in [0.2, 0.25) is 0 Å². The van der Waals surface area contributed by atoms with E-state index < -0.39 is 6.36 Å². The number of hydrogen-bond acceptors (Lipinski definition) is 5. The van der Waals surface area contributed by atoms with Crippen LogP contribution in [-0.2, 0) is 6.42 Å². The number of nitrogens with zero attached hydrogens (tertiary/aromatic N) is 3. The van der Waals surface area contributed by atoms with Crippen LogP contribution in [0.5, 0.6) is 5.75 Å². The highest BCUT2D eigenvalue weighted by molar-refractivity contribution is 7.80. The molecule has 1 heterocycles. The SMILES string of the molecule is CN1N=C2c3ccc(/C=N/NC(=S)Nc4c(Cl)cccc4Cl)cc3CCC2C1c1ccc(OC(F)(F)F)cc1. The zero-order chi connectivity index (χ0) is 27.7. The summed E-state index contributed by atoms with van der Waals surface area (Å²) in [6, 6.07) is 17.1. The van der Waals surface area contributed by atoms with Gasteiger partial charge in [0, 0.05) is 18.5 Å². The lowest BCUT2D eigenvalue weighted by Gasteiger charge is -2.29. The lowest BCUT2D eigenvalue weighted by molar-refractivity contribution is -0.274. The minimum absolute atomic E-state index is 0.0707. The lowest BCUT2D eigenvalue weighted by Crippen LogP contribution is -2.27. The van der Waals surface area contributed by atoms with Crippen molar-refractivity contribution in [2.24, 2.45) is 16.1 Å². The summed E-state index contributed by atoms with van der Waals surface area (Å²) in [6.07, 6.45) is -1.36. The fraction of sp³-hybridized carbons (Fsp3) is 0.222. The zero-order valence-corrected chi connectivity index (χ0v) is 22.8. The molecule has 3 aromatic carbocycles. The van der Waals surface area contributed by atoms with Crippen molar-refractivity contribution >= 4 is 58.1 Å². The Labute approximate surface area is 238 Å². The average Bonchev–Trinajstić information content (AvgIpc) is 3.22. The topological polar surface area (TPSA) is 61.2 Å². The van der Waals surface area contributed by atoms with Gasteiger partial charge >= 0.3 is 6.36 Å². The van der Waals surface area contributed by atoms with Crippen LogP contribution in [0, 0.1) is 5.92 Å². The van der Waals surface area contributed by atoms with E-state index in [1.807, 2.05) is 24.2 Å². The van der Waals surface area contributed by atoms with Crippen LogP contribution in [0.25, 0.3) is 0 Å². The lowest BCUT2D eigenvalue weighted by atomic mass is 9.77. The Bertz CT molecular complexity index is 1440. The molecule has 3 aromatic rings. The molecule has 0 radical (unpaired) electrons. The number of aryl methyl sites for hydroxylation is 1. The summed E-state index contributed by atoms with van der Waals surface area (Å²) in [7, 11) is 1.88. The minimum atomic E-state index is -4.72. The predicted molar refractivity (Wildman–Crippen MR) is 152 cm³/mol. The van der Waals surface area contributed by atoms with Gasteiger partial charge in [0.25, 0.3) is 0 Å². The second-order valence-corrected chi connectivity index (χ2v) is 10.3.